The van der Waals surface area contributed by atoms with E-state index in [4.69, 9.17) is 21.1 Å². The first-order chi connectivity index (χ1) is 16.4. The average molecular weight is 480 g/mol. The summed E-state index contributed by atoms with van der Waals surface area (Å²) in [6.45, 7) is 1.41. The minimum absolute atomic E-state index is 0.201. The third-order valence-corrected chi connectivity index (χ3v) is 5.60. The van der Waals surface area contributed by atoms with E-state index in [0.717, 1.165) is 0 Å². The molecule has 2 heterocycles. The first-order valence-electron chi connectivity index (χ1n) is 10.6. The van der Waals surface area contributed by atoms with Crippen molar-refractivity contribution in [3.63, 3.8) is 0 Å². The number of Topliss-reactive ketones (excluding diaryl/α,β-unsaturated/α-hetero) is 1. The van der Waals surface area contributed by atoms with Crippen molar-refractivity contribution < 1.29 is 23.9 Å². The fourth-order valence-corrected chi connectivity index (χ4v) is 3.69. The highest BCUT2D eigenvalue weighted by molar-refractivity contribution is 6.32. The second-order valence-electron chi connectivity index (χ2n) is 7.59. The number of carbonyl (C=O) groups excluding carboxylic acids is 3. The zero-order valence-electron chi connectivity index (χ0n) is 18.4. The number of amides is 2. The maximum atomic E-state index is 12.8. The van der Waals surface area contributed by atoms with Crippen LogP contribution in [0.4, 0.5) is 5.69 Å². The molecule has 0 fully saturated rings. The van der Waals surface area contributed by atoms with Gasteiger partial charge in [-0.1, -0.05) is 29.8 Å². The number of fused-ring (bicyclic) bond motifs is 1. The molecule has 4 rings (SSSR count). The van der Waals surface area contributed by atoms with Crippen LogP contribution in [0.2, 0.25) is 5.02 Å². The van der Waals surface area contributed by atoms with E-state index < -0.39 is 6.04 Å². The van der Waals surface area contributed by atoms with E-state index >= 15 is 0 Å². The van der Waals surface area contributed by atoms with Gasteiger partial charge in [0, 0.05) is 11.8 Å². The lowest BCUT2D eigenvalue weighted by Gasteiger charge is -2.33. The standard InChI is InChI=1S/C25H22ClN3O5/c1-16(25(32)28-13-18-6-4-5-11-27-18)29-20-12-17(9-10-23(20)34-15-24(29)31)21(30)14-33-22-8-3-2-7-19(22)26/h2-12,16H,13-15H2,1H3,(H,28,32). The van der Waals surface area contributed by atoms with Crippen LogP contribution in [-0.2, 0) is 16.1 Å². The van der Waals surface area contributed by atoms with Crippen LogP contribution < -0.4 is 19.7 Å². The number of nitrogens with zero attached hydrogens (tertiary/aromatic N) is 2. The lowest BCUT2D eigenvalue weighted by molar-refractivity contribution is -0.127. The summed E-state index contributed by atoms with van der Waals surface area (Å²) >= 11 is 6.07. The van der Waals surface area contributed by atoms with Crippen molar-refractivity contribution in [2.45, 2.75) is 19.5 Å². The number of hydrogen-bond donors (Lipinski definition) is 1. The second kappa shape index (κ2) is 10.4. The number of hydrogen-bond acceptors (Lipinski definition) is 6. The molecular formula is C25H22ClN3O5. The smallest absolute Gasteiger partial charge is 0.265 e. The maximum Gasteiger partial charge on any atom is 0.265 e. The Kier molecular flexibility index (Phi) is 7.08. The number of ether oxygens (including phenoxy) is 2. The van der Waals surface area contributed by atoms with Crippen LogP contribution in [0.3, 0.4) is 0 Å². The molecule has 9 heteroatoms. The maximum absolute atomic E-state index is 12.8. The van der Waals surface area contributed by atoms with Crippen LogP contribution in [0.15, 0.2) is 66.9 Å². The topological polar surface area (TPSA) is 97.8 Å². The number of para-hydroxylation sites is 1. The first kappa shape index (κ1) is 23.3. The van der Waals surface area contributed by atoms with Crippen LogP contribution in [0.1, 0.15) is 23.0 Å². The quantitative estimate of drug-likeness (QED) is 0.497. The summed E-state index contributed by atoms with van der Waals surface area (Å²) in [7, 11) is 0. The highest BCUT2D eigenvalue weighted by Crippen LogP contribution is 2.34. The molecular weight excluding hydrogens is 458 g/mol. The van der Waals surface area contributed by atoms with Crippen LogP contribution in [0.5, 0.6) is 11.5 Å². The summed E-state index contributed by atoms with van der Waals surface area (Å²) < 4.78 is 11.1. The molecule has 1 aliphatic heterocycles. The van der Waals surface area contributed by atoms with E-state index in [1.165, 1.54) is 11.0 Å². The summed E-state index contributed by atoms with van der Waals surface area (Å²) in [5, 5.41) is 3.19. The number of pyridine rings is 1. The number of rotatable bonds is 8. The zero-order chi connectivity index (χ0) is 24.1. The van der Waals surface area contributed by atoms with Gasteiger partial charge < -0.3 is 14.8 Å². The predicted molar refractivity (Wildman–Crippen MR) is 126 cm³/mol. The molecule has 1 aromatic heterocycles. The number of ketones is 1. The molecule has 1 N–H and O–H groups in total. The van der Waals surface area contributed by atoms with E-state index in [1.54, 1.807) is 61.7 Å². The Morgan fingerprint density at radius 3 is 2.74 bits per heavy atom. The van der Waals surface area contributed by atoms with Crippen molar-refractivity contribution in [2.24, 2.45) is 0 Å². The summed E-state index contributed by atoms with van der Waals surface area (Å²) in [6, 6.07) is 16.2. The van der Waals surface area contributed by atoms with E-state index in [-0.39, 0.29) is 37.4 Å². The van der Waals surface area contributed by atoms with Gasteiger partial charge in [-0.25, -0.2) is 0 Å². The van der Waals surface area contributed by atoms with Gasteiger partial charge in [0.05, 0.1) is 22.9 Å². The normalized spacial score (nSPS) is 13.5. The SMILES string of the molecule is CC(C(=O)NCc1ccccn1)N1C(=O)COc2ccc(C(=O)COc3ccccc3Cl)cc21. The van der Waals surface area contributed by atoms with Crippen LogP contribution in [-0.4, -0.2) is 41.8 Å². The molecule has 0 bridgehead atoms. The highest BCUT2D eigenvalue weighted by Gasteiger charge is 2.33. The third-order valence-electron chi connectivity index (χ3n) is 5.29. The Morgan fingerprint density at radius 1 is 1.18 bits per heavy atom. The van der Waals surface area contributed by atoms with E-state index in [9.17, 15) is 14.4 Å². The molecule has 0 aliphatic carbocycles. The molecule has 3 aromatic rings. The highest BCUT2D eigenvalue weighted by atomic mass is 35.5. The Hall–Kier alpha value is -3.91. The minimum Gasteiger partial charge on any atom is -0.484 e. The van der Waals surface area contributed by atoms with Gasteiger partial charge in [-0.2, -0.15) is 0 Å². The Bertz CT molecular complexity index is 1220. The van der Waals surface area contributed by atoms with Crippen molar-refractivity contribution in [1.29, 1.82) is 0 Å². The molecule has 2 aromatic carbocycles. The lowest BCUT2D eigenvalue weighted by Crippen LogP contribution is -2.51. The summed E-state index contributed by atoms with van der Waals surface area (Å²) in [6.07, 6.45) is 1.64. The fraction of sp³-hybridized carbons (Fsp3) is 0.200. The number of carbonyl (C=O) groups is 3. The van der Waals surface area contributed by atoms with Crippen molar-refractivity contribution in [3.8, 4) is 11.5 Å². The predicted octanol–water partition coefficient (Wildman–Crippen LogP) is 3.43. The third kappa shape index (κ3) is 5.18. The van der Waals surface area contributed by atoms with Gasteiger partial charge in [0.25, 0.3) is 5.91 Å². The van der Waals surface area contributed by atoms with Crippen molar-refractivity contribution in [2.75, 3.05) is 18.1 Å². The molecule has 0 saturated carbocycles. The van der Waals surface area contributed by atoms with Gasteiger partial charge in [-0.05, 0) is 49.4 Å². The number of nitrogens with one attached hydrogen (secondary N) is 1. The molecule has 8 nitrogen and oxygen atoms in total. The molecule has 1 aliphatic rings. The van der Waals surface area contributed by atoms with Gasteiger partial charge in [0.1, 0.15) is 17.5 Å². The van der Waals surface area contributed by atoms with Gasteiger partial charge in [0.2, 0.25) is 5.91 Å². The molecule has 34 heavy (non-hydrogen) atoms. The van der Waals surface area contributed by atoms with Crippen LogP contribution in [0, 0.1) is 0 Å². The molecule has 174 valence electrons. The fourth-order valence-electron chi connectivity index (χ4n) is 3.50. The Balaban J connectivity index is 1.49. The van der Waals surface area contributed by atoms with Gasteiger partial charge in [0.15, 0.2) is 19.0 Å². The molecule has 0 saturated heterocycles. The van der Waals surface area contributed by atoms with Gasteiger partial charge in [-0.15, -0.1) is 0 Å². The van der Waals surface area contributed by atoms with Gasteiger partial charge in [-0.3, -0.25) is 24.3 Å². The van der Waals surface area contributed by atoms with Crippen molar-refractivity contribution >= 4 is 34.9 Å². The summed E-state index contributed by atoms with van der Waals surface area (Å²) in [5.74, 6) is -0.246. The molecule has 1 atom stereocenters. The first-order valence-corrected chi connectivity index (χ1v) is 11.0. The molecule has 2 amide bonds. The van der Waals surface area contributed by atoms with Crippen molar-refractivity contribution in [3.05, 3.63) is 83.1 Å². The van der Waals surface area contributed by atoms with E-state index in [2.05, 4.69) is 10.3 Å². The minimum atomic E-state index is -0.830. The van der Waals surface area contributed by atoms with E-state index in [1.807, 2.05) is 6.07 Å². The Labute approximate surface area is 201 Å². The monoisotopic (exact) mass is 479 g/mol. The number of benzene rings is 2. The van der Waals surface area contributed by atoms with Crippen molar-refractivity contribution in [1.82, 2.24) is 10.3 Å². The second-order valence-corrected chi connectivity index (χ2v) is 8.00. The summed E-state index contributed by atoms with van der Waals surface area (Å²) in [5.41, 5.74) is 1.36. The number of halogens is 1. The number of aromatic nitrogens is 1. The number of anilines is 1. The van der Waals surface area contributed by atoms with Gasteiger partial charge >= 0.3 is 0 Å². The van der Waals surface area contributed by atoms with Crippen LogP contribution >= 0.6 is 11.6 Å². The average Bonchev–Trinajstić information content (AvgIpc) is 2.86. The molecule has 1 unspecified atom stereocenters. The van der Waals surface area contributed by atoms with Crippen LogP contribution in [0.25, 0.3) is 0 Å². The molecule has 0 radical (unpaired) electrons. The molecule has 0 spiro atoms. The largest absolute Gasteiger partial charge is 0.484 e. The summed E-state index contributed by atoms with van der Waals surface area (Å²) in [4.78, 5) is 43.8. The zero-order valence-corrected chi connectivity index (χ0v) is 19.1. The van der Waals surface area contributed by atoms with E-state index in [0.29, 0.717) is 33.5 Å². The lowest BCUT2D eigenvalue weighted by atomic mass is 10.1. The Morgan fingerprint density at radius 2 is 1.97 bits per heavy atom.